The molecule has 1 aromatic rings. The lowest BCUT2D eigenvalue weighted by Gasteiger charge is -2.12. The number of aryl methyl sites for hydroxylation is 1. The van der Waals surface area contributed by atoms with Crippen LogP contribution in [0.1, 0.15) is 27.8 Å². The molecule has 0 radical (unpaired) electrons. The summed E-state index contributed by atoms with van der Waals surface area (Å²) in [5.74, 6) is -0.268. The van der Waals surface area contributed by atoms with Crippen molar-refractivity contribution in [1.29, 1.82) is 0 Å². The Balaban J connectivity index is 3.25. The standard InChI is InChI=1S/C12H17NO/c1-7-5-11(6-12(13)14)10(4)9(3)8(7)2/h5H,6H2,1-4H3,(H2,13,14). The number of carbonyl (C=O) groups is 1. The highest BCUT2D eigenvalue weighted by molar-refractivity contribution is 5.77. The van der Waals surface area contributed by atoms with Gasteiger partial charge in [0, 0.05) is 0 Å². The molecule has 2 heteroatoms. The van der Waals surface area contributed by atoms with Gasteiger partial charge in [0.2, 0.25) is 5.91 Å². The van der Waals surface area contributed by atoms with E-state index in [9.17, 15) is 4.79 Å². The van der Waals surface area contributed by atoms with Crippen molar-refractivity contribution in [2.75, 3.05) is 0 Å². The third-order valence-electron chi connectivity index (χ3n) is 2.95. The van der Waals surface area contributed by atoms with Crippen LogP contribution in [0.15, 0.2) is 6.07 Å². The van der Waals surface area contributed by atoms with Crippen LogP contribution in [0.25, 0.3) is 0 Å². The van der Waals surface area contributed by atoms with Gasteiger partial charge in [0.25, 0.3) is 0 Å². The van der Waals surface area contributed by atoms with Crippen LogP contribution < -0.4 is 5.73 Å². The highest BCUT2D eigenvalue weighted by Crippen LogP contribution is 2.21. The number of amides is 1. The van der Waals surface area contributed by atoms with Crippen LogP contribution >= 0.6 is 0 Å². The van der Waals surface area contributed by atoms with Crippen molar-refractivity contribution in [1.82, 2.24) is 0 Å². The molecule has 0 atom stereocenters. The maximum absolute atomic E-state index is 10.9. The SMILES string of the molecule is Cc1cc(CC(N)=O)c(C)c(C)c1C. The van der Waals surface area contributed by atoms with Crippen LogP contribution in [-0.4, -0.2) is 5.91 Å². The predicted octanol–water partition coefficient (Wildman–Crippen LogP) is 1.95. The second-order valence-electron chi connectivity index (χ2n) is 3.87. The van der Waals surface area contributed by atoms with Crippen LogP contribution in [0, 0.1) is 27.7 Å². The zero-order valence-electron chi connectivity index (χ0n) is 9.27. The Morgan fingerprint density at radius 1 is 1.14 bits per heavy atom. The maximum Gasteiger partial charge on any atom is 0.221 e. The van der Waals surface area contributed by atoms with E-state index in [0.717, 1.165) is 5.56 Å². The summed E-state index contributed by atoms with van der Waals surface area (Å²) in [7, 11) is 0. The van der Waals surface area contributed by atoms with Crippen LogP contribution in [0.3, 0.4) is 0 Å². The van der Waals surface area contributed by atoms with Gasteiger partial charge in [0.05, 0.1) is 6.42 Å². The molecule has 0 aliphatic heterocycles. The minimum atomic E-state index is -0.268. The van der Waals surface area contributed by atoms with Crippen LogP contribution in [0.2, 0.25) is 0 Å². The molecule has 2 N–H and O–H groups in total. The predicted molar refractivity (Wildman–Crippen MR) is 58.3 cm³/mol. The Morgan fingerprint density at radius 2 is 1.71 bits per heavy atom. The maximum atomic E-state index is 10.9. The van der Waals surface area contributed by atoms with Crippen molar-refractivity contribution in [2.24, 2.45) is 5.73 Å². The first-order valence-electron chi connectivity index (χ1n) is 4.78. The molecule has 0 aliphatic rings. The summed E-state index contributed by atoms with van der Waals surface area (Å²) in [5.41, 5.74) is 11.2. The van der Waals surface area contributed by atoms with E-state index in [1.54, 1.807) is 0 Å². The summed E-state index contributed by atoms with van der Waals surface area (Å²) in [6.07, 6.45) is 0.341. The Hall–Kier alpha value is -1.31. The summed E-state index contributed by atoms with van der Waals surface area (Å²) in [6, 6.07) is 2.06. The Morgan fingerprint density at radius 3 is 2.21 bits per heavy atom. The van der Waals surface area contributed by atoms with E-state index in [-0.39, 0.29) is 5.91 Å². The van der Waals surface area contributed by atoms with Gasteiger partial charge in [-0.05, 0) is 55.5 Å². The van der Waals surface area contributed by atoms with Crippen molar-refractivity contribution in [2.45, 2.75) is 34.1 Å². The lowest BCUT2D eigenvalue weighted by Crippen LogP contribution is -2.15. The van der Waals surface area contributed by atoms with Gasteiger partial charge >= 0.3 is 0 Å². The van der Waals surface area contributed by atoms with Gasteiger partial charge < -0.3 is 5.73 Å². The molecule has 0 heterocycles. The number of rotatable bonds is 2. The van der Waals surface area contributed by atoms with E-state index >= 15 is 0 Å². The monoisotopic (exact) mass is 191 g/mol. The smallest absolute Gasteiger partial charge is 0.221 e. The molecular formula is C12H17NO. The van der Waals surface area contributed by atoms with Gasteiger partial charge in [-0.15, -0.1) is 0 Å². The molecule has 1 aromatic carbocycles. The minimum Gasteiger partial charge on any atom is -0.369 e. The van der Waals surface area contributed by atoms with E-state index in [2.05, 4.69) is 26.8 Å². The molecule has 0 saturated carbocycles. The van der Waals surface area contributed by atoms with Gasteiger partial charge in [0.15, 0.2) is 0 Å². The minimum absolute atomic E-state index is 0.268. The molecule has 1 amide bonds. The lowest BCUT2D eigenvalue weighted by atomic mass is 9.93. The van der Waals surface area contributed by atoms with Crippen LogP contribution in [0.4, 0.5) is 0 Å². The summed E-state index contributed by atoms with van der Waals surface area (Å²) in [4.78, 5) is 10.9. The Kier molecular flexibility index (Phi) is 2.94. The summed E-state index contributed by atoms with van der Waals surface area (Å²) < 4.78 is 0. The summed E-state index contributed by atoms with van der Waals surface area (Å²) in [5, 5.41) is 0. The van der Waals surface area contributed by atoms with E-state index < -0.39 is 0 Å². The largest absolute Gasteiger partial charge is 0.369 e. The van der Waals surface area contributed by atoms with Crippen LogP contribution in [-0.2, 0) is 11.2 Å². The number of hydrogen-bond acceptors (Lipinski definition) is 1. The molecular weight excluding hydrogens is 174 g/mol. The van der Waals surface area contributed by atoms with Crippen molar-refractivity contribution >= 4 is 5.91 Å². The first-order valence-corrected chi connectivity index (χ1v) is 4.78. The van der Waals surface area contributed by atoms with E-state index in [4.69, 9.17) is 5.73 Å². The number of hydrogen-bond donors (Lipinski definition) is 1. The third-order valence-corrected chi connectivity index (χ3v) is 2.95. The third kappa shape index (κ3) is 1.95. The molecule has 0 bridgehead atoms. The Bertz CT molecular complexity index is 380. The average Bonchev–Trinajstić information content (AvgIpc) is 2.10. The molecule has 0 saturated heterocycles. The fourth-order valence-corrected chi connectivity index (χ4v) is 1.67. The van der Waals surface area contributed by atoms with E-state index in [1.807, 2.05) is 6.92 Å². The number of primary amides is 1. The van der Waals surface area contributed by atoms with Gasteiger partial charge in [-0.25, -0.2) is 0 Å². The first kappa shape index (κ1) is 10.8. The number of nitrogens with two attached hydrogens (primary N) is 1. The normalized spacial score (nSPS) is 10.3. The fourth-order valence-electron chi connectivity index (χ4n) is 1.67. The topological polar surface area (TPSA) is 43.1 Å². The summed E-state index contributed by atoms with van der Waals surface area (Å²) in [6.45, 7) is 8.29. The van der Waals surface area contributed by atoms with Gasteiger partial charge in [-0.1, -0.05) is 6.07 Å². The lowest BCUT2D eigenvalue weighted by molar-refractivity contribution is -0.117. The van der Waals surface area contributed by atoms with Crippen LogP contribution in [0.5, 0.6) is 0 Å². The van der Waals surface area contributed by atoms with Crippen molar-refractivity contribution < 1.29 is 4.79 Å². The molecule has 76 valence electrons. The zero-order valence-corrected chi connectivity index (χ0v) is 9.27. The van der Waals surface area contributed by atoms with E-state index in [0.29, 0.717) is 6.42 Å². The van der Waals surface area contributed by atoms with Gasteiger partial charge in [0.1, 0.15) is 0 Å². The van der Waals surface area contributed by atoms with Crippen molar-refractivity contribution in [3.63, 3.8) is 0 Å². The highest BCUT2D eigenvalue weighted by atomic mass is 16.1. The molecule has 14 heavy (non-hydrogen) atoms. The molecule has 0 unspecified atom stereocenters. The quantitative estimate of drug-likeness (QED) is 0.762. The molecule has 0 aromatic heterocycles. The molecule has 1 rings (SSSR count). The molecule has 0 fully saturated rings. The molecule has 0 spiro atoms. The summed E-state index contributed by atoms with van der Waals surface area (Å²) >= 11 is 0. The second-order valence-corrected chi connectivity index (χ2v) is 3.87. The average molecular weight is 191 g/mol. The van der Waals surface area contributed by atoms with Crippen molar-refractivity contribution in [3.05, 3.63) is 33.9 Å². The highest BCUT2D eigenvalue weighted by Gasteiger charge is 2.08. The number of benzene rings is 1. The Labute approximate surface area is 85.1 Å². The van der Waals surface area contributed by atoms with Gasteiger partial charge in [-0.2, -0.15) is 0 Å². The zero-order chi connectivity index (χ0) is 10.9. The second kappa shape index (κ2) is 3.82. The molecule has 2 nitrogen and oxygen atoms in total. The van der Waals surface area contributed by atoms with Gasteiger partial charge in [-0.3, -0.25) is 4.79 Å². The molecule has 0 aliphatic carbocycles. The van der Waals surface area contributed by atoms with E-state index in [1.165, 1.54) is 22.3 Å². The fraction of sp³-hybridized carbons (Fsp3) is 0.417. The van der Waals surface area contributed by atoms with Crippen molar-refractivity contribution in [3.8, 4) is 0 Å². The first-order chi connectivity index (χ1) is 6.43. The number of carbonyl (C=O) groups excluding carboxylic acids is 1.